The summed E-state index contributed by atoms with van der Waals surface area (Å²) in [4.78, 5) is 7.27. The molecule has 12 rings (SSSR count). The van der Waals surface area contributed by atoms with Gasteiger partial charge in [0.1, 0.15) is 39.0 Å². The standard InChI is InChI=1S/C49H28N2O4/c1-2-10-30(11-3-1)49-50-40-28-37(47-46(48(40)55-49)36-14-6-9-17-43(36)54-47)29-18-20-31(21-19-29)51(32-22-24-44-38(26-32)34-12-4-7-15-41(34)52-44)33-23-25-45-39(27-33)35-13-5-8-16-42(35)53-45/h1-28H. The van der Waals surface area contributed by atoms with E-state index in [0.29, 0.717) is 5.89 Å². The van der Waals surface area contributed by atoms with Gasteiger partial charge in [-0.05, 0) is 90.5 Å². The van der Waals surface area contributed by atoms with Crippen molar-refractivity contribution in [2.24, 2.45) is 0 Å². The van der Waals surface area contributed by atoms with Gasteiger partial charge in [-0.2, -0.15) is 0 Å². The molecule has 6 nitrogen and oxygen atoms in total. The first-order valence-corrected chi connectivity index (χ1v) is 18.3. The van der Waals surface area contributed by atoms with Crippen LogP contribution in [-0.4, -0.2) is 4.98 Å². The van der Waals surface area contributed by atoms with Crippen molar-refractivity contribution in [2.45, 2.75) is 0 Å². The molecular formula is C49H28N2O4. The summed E-state index contributed by atoms with van der Waals surface area (Å²) in [6.45, 7) is 0. The van der Waals surface area contributed by atoms with E-state index in [0.717, 1.165) is 111 Å². The third-order valence-electron chi connectivity index (χ3n) is 10.7. The van der Waals surface area contributed by atoms with Gasteiger partial charge in [0.05, 0.1) is 5.39 Å². The number of benzene rings is 8. The van der Waals surface area contributed by atoms with Gasteiger partial charge in [0, 0.05) is 55.1 Å². The Balaban J connectivity index is 1.05. The molecule has 0 radical (unpaired) electrons. The number of hydrogen-bond acceptors (Lipinski definition) is 6. The Labute approximate surface area is 313 Å². The van der Waals surface area contributed by atoms with Crippen molar-refractivity contribution in [1.29, 1.82) is 0 Å². The molecule has 0 spiro atoms. The Morgan fingerprint density at radius 3 is 1.53 bits per heavy atom. The SMILES string of the molecule is c1ccc(-c2nc3cc(-c4ccc(N(c5ccc6oc7ccccc7c6c5)c5ccc6oc7ccccc7c6c5)cc4)c4oc5ccccc5c4c3o2)cc1. The number of rotatable bonds is 5. The Bertz CT molecular complexity index is 3330. The van der Waals surface area contributed by atoms with Crippen molar-refractivity contribution in [2.75, 3.05) is 4.90 Å². The minimum atomic E-state index is 0.579. The van der Waals surface area contributed by atoms with Gasteiger partial charge in [0.25, 0.3) is 0 Å². The van der Waals surface area contributed by atoms with Crippen LogP contribution in [0.15, 0.2) is 188 Å². The quantitative estimate of drug-likeness (QED) is 0.177. The van der Waals surface area contributed by atoms with Crippen molar-refractivity contribution in [3.63, 3.8) is 0 Å². The highest BCUT2D eigenvalue weighted by Gasteiger charge is 2.22. The molecule has 0 aliphatic heterocycles. The zero-order chi connectivity index (χ0) is 36.0. The molecule has 0 unspecified atom stereocenters. The molecule has 4 heterocycles. The molecule has 0 amide bonds. The molecule has 6 heteroatoms. The second kappa shape index (κ2) is 11.5. The highest BCUT2D eigenvalue weighted by Crippen LogP contribution is 2.45. The fourth-order valence-electron chi connectivity index (χ4n) is 8.13. The predicted molar refractivity (Wildman–Crippen MR) is 221 cm³/mol. The summed E-state index contributed by atoms with van der Waals surface area (Å²) in [5, 5.41) is 6.20. The van der Waals surface area contributed by atoms with Crippen LogP contribution in [0.4, 0.5) is 17.1 Å². The molecule has 0 saturated heterocycles. The molecule has 0 saturated carbocycles. The minimum Gasteiger partial charge on any atom is -0.456 e. The second-order valence-electron chi connectivity index (χ2n) is 13.9. The van der Waals surface area contributed by atoms with E-state index in [-0.39, 0.29) is 0 Å². The number of hydrogen-bond donors (Lipinski definition) is 0. The lowest BCUT2D eigenvalue weighted by Crippen LogP contribution is -2.09. The van der Waals surface area contributed by atoms with E-state index in [1.807, 2.05) is 72.8 Å². The zero-order valence-electron chi connectivity index (χ0n) is 29.2. The van der Waals surface area contributed by atoms with E-state index in [1.54, 1.807) is 0 Å². The predicted octanol–water partition coefficient (Wildman–Crippen LogP) is 14.3. The molecule has 0 aliphatic rings. The Morgan fingerprint density at radius 1 is 0.364 bits per heavy atom. The maximum atomic E-state index is 6.60. The molecule has 55 heavy (non-hydrogen) atoms. The molecular weight excluding hydrogens is 681 g/mol. The molecule has 0 N–H and O–H groups in total. The number of oxazole rings is 1. The Kier molecular flexibility index (Phi) is 6.24. The van der Waals surface area contributed by atoms with Gasteiger partial charge < -0.3 is 22.6 Å². The molecule has 8 aromatic carbocycles. The molecule has 258 valence electrons. The van der Waals surface area contributed by atoms with Gasteiger partial charge >= 0.3 is 0 Å². The van der Waals surface area contributed by atoms with Crippen LogP contribution in [0, 0.1) is 0 Å². The van der Waals surface area contributed by atoms with Crippen molar-refractivity contribution in [1.82, 2.24) is 4.98 Å². The molecule has 12 aromatic rings. The fourth-order valence-corrected chi connectivity index (χ4v) is 8.13. The van der Waals surface area contributed by atoms with Crippen molar-refractivity contribution >= 4 is 94.0 Å². The fraction of sp³-hybridized carbons (Fsp3) is 0. The van der Waals surface area contributed by atoms with Gasteiger partial charge in [-0.1, -0.05) is 84.9 Å². The van der Waals surface area contributed by atoms with E-state index >= 15 is 0 Å². The summed E-state index contributed by atoms with van der Waals surface area (Å²) >= 11 is 0. The monoisotopic (exact) mass is 708 g/mol. The molecule has 0 aliphatic carbocycles. The normalized spacial score (nSPS) is 12.0. The Hall–Kier alpha value is -7.57. The number of para-hydroxylation sites is 3. The third kappa shape index (κ3) is 4.58. The lowest BCUT2D eigenvalue weighted by molar-refractivity contribution is 0.622. The van der Waals surface area contributed by atoms with E-state index in [2.05, 4.69) is 102 Å². The van der Waals surface area contributed by atoms with E-state index < -0.39 is 0 Å². The highest BCUT2D eigenvalue weighted by molar-refractivity contribution is 6.20. The van der Waals surface area contributed by atoms with Crippen molar-refractivity contribution < 1.29 is 17.7 Å². The zero-order valence-corrected chi connectivity index (χ0v) is 29.2. The van der Waals surface area contributed by atoms with E-state index in [4.69, 9.17) is 22.7 Å². The van der Waals surface area contributed by atoms with Crippen LogP contribution in [0.3, 0.4) is 0 Å². The topological polar surface area (TPSA) is 68.7 Å². The summed E-state index contributed by atoms with van der Waals surface area (Å²) < 4.78 is 25.5. The largest absolute Gasteiger partial charge is 0.456 e. The number of furan rings is 3. The van der Waals surface area contributed by atoms with Crippen LogP contribution >= 0.6 is 0 Å². The van der Waals surface area contributed by atoms with Gasteiger partial charge in [0.2, 0.25) is 5.89 Å². The van der Waals surface area contributed by atoms with Crippen LogP contribution < -0.4 is 4.90 Å². The summed E-state index contributed by atoms with van der Waals surface area (Å²) in [6, 6.07) is 58.0. The van der Waals surface area contributed by atoms with Gasteiger partial charge in [-0.25, -0.2) is 4.98 Å². The summed E-state index contributed by atoms with van der Waals surface area (Å²) in [7, 11) is 0. The smallest absolute Gasteiger partial charge is 0.227 e. The van der Waals surface area contributed by atoms with Gasteiger partial charge in [0.15, 0.2) is 5.58 Å². The number of nitrogens with zero attached hydrogens (tertiary/aromatic N) is 2. The number of aromatic nitrogens is 1. The molecule has 0 atom stereocenters. The van der Waals surface area contributed by atoms with Crippen LogP contribution in [0.5, 0.6) is 0 Å². The lowest BCUT2D eigenvalue weighted by atomic mass is 10.0. The first kappa shape index (κ1) is 29.9. The van der Waals surface area contributed by atoms with Crippen LogP contribution in [-0.2, 0) is 0 Å². The third-order valence-corrected chi connectivity index (χ3v) is 10.7. The average molecular weight is 709 g/mol. The summed E-state index contributed by atoms with van der Waals surface area (Å²) in [5.74, 6) is 0.579. The van der Waals surface area contributed by atoms with Crippen LogP contribution in [0.2, 0.25) is 0 Å². The first-order chi connectivity index (χ1) is 27.2. The van der Waals surface area contributed by atoms with Crippen molar-refractivity contribution in [3.8, 4) is 22.6 Å². The first-order valence-electron chi connectivity index (χ1n) is 18.3. The maximum Gasteiger partial charge on any atom is 0.227 e. The number of fused-ring (bicyclic) bond motifs is 11. The van der Waals surface area contributed by atoms with E-state index in [9.17, 15) is 0 Å². The summed E-state index contributed by atoms with van der Waals surface area (Å²) in [5.41, 5.74) is 12.4. The van der Waals surface area contributed by atoms with Crippen molar-refractivity contribution in [3.05, 3.63) is 170 Å². The lowest BCUT2D eigenvalue weighted by Gasteiger charge is -2.26. The maximum absolute atomic E-state index is 6.60. The number of anilines is 3. The van der Waals surface area contributed by atoms with Gasteiger partial charge in [-0.15, -0.1) is 0 Å². The second-order valence-corrected chi connectivity index (χ2v) is 13.9. The van der Waals surface area contributed by atoms with Crippen LogP contribution in [0.25, 0.3) is 99.5 Å². The molecule has 0 fully saturated rings. The molecule has 0 bridgehead atoms. The highest BCUT2D eigenvalue weighted by atomic mass is 16.4. The minimum absolute atomic E-state index is 0.579. The molecule has 4 aromatic heterocycles. The van der Waals surface area contributed by atoms with Crippen LogP contribution in [0.1, 0.15) is 0 Å². The van der Waals surface area contributed by atoms with E-state index in [1.165, 1.54) is 0 Å². The summed E-state index contributed by atoms with van der Waals surface area (Å²) in [6.07, 6.45) is 0. The Morgan fingerprint density at radius 2 is 0.891 bits per heavy atom. The van der Waals surface area contributed by atoms with Gasteiger partial charge in [-0.3, -0.25) is 0 Å². The average Bonchev–Trinajstić information content (AvgIpc) is 4.02.